The highest BCUT2D eigenvalue weighted by Crippen LogP contribution is 2.34. The molecule has 0 aliphatic carbocycles. The molecule has 0 atom stereocenters. The minimum atomic E-state index is -1.04. The number of aromatic amines is 1. The number of nitrogens with two attached hydrogens (primary N) is 1. The van der Waals surface area contributed by atoms with Gasteiger partial charge < -0.3 is 21.4 Å². The normalized spacial score (nSPS) is 11.4. The predicted molar refractivity (Wildman–Crippen MR) is 141 cm³/mol. The van der Waals surface area contributed by atoms with E-state index in [0.717, 1.165) is 12.1 Å². The van der Waals surface area contributed by atoms with Gasteiger partial charge in [-0.2, -0.15) is 0 Å². The third-order valence-corrected chi connectivity index (χ3v) is 6.33. The molecule has 0 spiro atoms. The number of anilines is 3. The molecule has 3 heterocycles. The molecule has 0 aliphatic heterocycles. The molecule has 39 heavy (non-hydrogen) atoms. The van der Waals surface area contributed by atoms with Gasteiger partial charge in [0.1, 0.15) is 34.9 Å². The zero-order valence-electron chi connectivity index (χ0n) is 20.8. The Balaban J connectivity index is 1.46. The van der Waals surface area contributed by atoms with Crippen molar-refractivity contribution in [2.24, 2.45) is 5.73 Å². The van der Waals surface area contributed by atoms with Crippen molar-refractivity contribution in [3.63, 3.8) is 0 Å². The number of fused-ring (bicyclic) bond motifs is 1. The van der Waals surface area contributed by atoms with Gasteiger partial charge in [-0.25, -0.2) is 28.7 Å². The monoisotopic (exact) mass is 528 g/mol. The molecule has 0 saturated heterocycles. The first-order chi connectivity index (χ1) is 18.7. The highest BCUT2D eigenvalue weighted by molar-refractivity contribution is 6.05. The second-order valence-electron chi connectivity index (χ2n) is 9.16. The van der Waals surface area contributed by atoms with E-state index in [1.165, 1.54) is 31.0 Å². The summed E-state index contributed by atoms with van der Waals surface area (Å²) < 4.78 is 30.4. The lowest BCUT2D eigenvalue weighted by Crippen LogP contribution is -2.35. The Hall–Kier alpha value is -5.26. The first-order valence-electron chi connectivity index (χ1n) is 11.7. The molecular formula is C27H22F2N8O2. The maximum absolute atomic E-state index is 15.6. The number of nitrogens with zero attached hydrogens (tertiary/aromatic N) is 4. The summed E-state index contributed by atoms with van der Waals surface area (Å²) in [7, 11) is 0. The third kappa shape index (κ3) is 4.75. The molecule has 0 unspecified atom stereocenters. The molecule has 0 saturated carbocycles. The van der Waals surface area contributed by atoms with E-state index in [-0.39, 0.29) is 17.1 Å². The van der Waals surface area contributed by atoms with Crippen molar-refractivity contribution >= 4 is 40.2 Å². The van der Waals surface area contributed by atoms with E-state index in [4.69, 9.17) is 5.73 Å². The van der Waals surface area contributed by atoms with Crippen LogP contribution in [0.25, 0.3) is 22.4 Å². The van der Waals surface area contributed by atoms with Crippen LogP contribution < -0.4 is 16.4 Å². The van der Waals surface area contributed by atoms with Crippen LogP contribution in [0.2, 0.25) is 0 Å². The van der Waals surface area contributed by atoms with Crippen molar-refractivity contribution in [1.82, 2.24) is 24.9 Å². The number of primary amides is 1. The average molecular weight is 529 g/mol. The van der Waals surface area contributed by atoms with Gasteiger partial charge in [-0.3, -0.25) is 9.59 Å². The number of hydrogen-bond acceptors (Lipinski definition) is 7. The minimum Gasteiger partial charge on any atom is -0.369 e. The number of nitrogens with one attached hydrogen (secondary N) is 3. The van der Waals surface area contributed by atoms with Crippen LogP contribution in [0, 0.1) is 11.6 Å². The van der Waals surface area contributed by atoms with Crippen LogP contribution in [0.1, 0.15) is 29.8 Å². The van der Waals surface area contributed by atoms with Gasteiger partial charge in [0.25, 0.3) is 5.91 Å². The van der Waals surface area contributed by atoms with Gasteiger partial charge in [0.15, 0.2) is 11.5 Å². The van der Waals surface area contributed by atoms with Crippen LogP contribution in [0.4, 0.5) is 26.0 Å². The molecule has 3 aromatic heterocycles. The molecule has 10 nitrogen and oxygen atoms in total. The second kappa shape index (κ2) is 9.89. The summed E-state index contributed by atoms with van der Waals surface area (Å²) in [5.41, 5.74) is 6.17. The number of rotatable bonds is 7. The maximum atomic E-state index is 15.6. The van der Waals surface area contributed by atoms with Gasteiger partial charge in [-0.05, 0) is 55.8 Å². The Kier molecular flexibility index (Phi) is 6.44. The van der Waals surface area contributed by atoms with Gasteiger partial charge in [-0.1, -0.05) is 12.1 Å². The van der Waals surface area contributed by atoms with E-state index in [9.17, 15) is 14.0 Å². The Morgan fingerprint density at radius 3 is 2.62 bits per heavy atom. The number of benzene rings is 2. The fourth-order valence-electron chi connectivity index (χ4n) is 3.93. The first kappa shape index (κ1) is 25.4. The summed E-state index contributed by atoms with van der Waals surface area (Å²) in [6, 6.07) is 11.7. The van der Waals surface area contributed by atoms with Crippen LogP contribution in [0.5, 0.6) is 0 Å². The Morgan fingerprint density at radius 2 is 1.82 bits per heavy atom. The highest BCUT2D eigenvalue weighted by atomic mass is 19.1. The van der Waals surface area contributed by atoms with E-state index < -0.39 is 34.6 Å². The molecule has 0 radical (unpaired) electrons. The Morgan fingerprint density at radius 1 is 1.00 bits per heavy atom. The smallest absolute Gasteiger partial charge is 0.255 e. The lowest BCUT2D eigenvalue weighted by molar-refractivity contribution is -0.122. The highest BCUT2D eigenvalue weighted by Gasteiger charge is 2.28. The van der Waals surface area contributed by atoms with Gasteiger partial charge in [0.2, 0.25) is 5.91 Å². The summed E-state index contributed by atoms with van der Waals surface area (Å²) in [4.78, 5) is 44.5. The molecule has 2 aromatic carbocycles. The molecule has 0 aliphatic rings. The largest absolute Gasteiger partial charge is 0.369 e. The third-order valence-electron chi connectivity index (χ3n) is 6.33. The van der Waals surface area contributed by atoms with Crippen LogP contribution in [0.15, 0.2) is 67.4 Å². The van der Waals surface area contributed by atoms with Gasteiger partial charge >= 0.3 is 0 Å². The van der Waals surface area contributed by atoms with E-state index >= 15 is 4.39 Å². The molecule has 12 heteroatoms. The number of carbonyl (C=O) groups is 2. The summed E-state index contributed by atoms with van der Waals surface area (Å²) in [6.45, 7) is 3.27. The molecular weight excluding hydrogens is 506 g/mol. The number of imidazole rings is 1. The summed E-state index contributed by atoms with van der Waals surface area (Å²) in [5.74, 6) is -3.04. The SMILES string of the molecule is CC(C)(C(N)=O)c1cccc(C(=O)Nc2ccc(F)c(Nc3ncccc3-c3ncnc4nc[nH]c34)c2F)c1. The zero-order chi connectivity index (χ0) is 27.7. The predicted octanol–water partition coefficient (Wildman–Crippen LogP) is 4.45. The topological polar surface area (TPSA) is 152 Å². The van der Waals surface area contributed by atoms with E-state index in [0.29, 0.717) is 28.0 Å². The van der Waals surface area contributed by atoms with E-state index in [2.05, 4.69) is 35.6 Å². The van der Waals surface area contributed by atoms with E-state index in [1.807, 2.05) is 0 Å². The number of aromatic nitrogens is 5. The second-order valence-corrected chi connectivity index (χ2v) is 9.16. The van der Waals surface area contributed by atoms with E-state index in [1.54, 1.807) is 38.1 Å². The van der Waals surface area contributed by atoms with Gasteiger partial charge in [0.05, 0.1) is 17.4 Å². The van der Waals surface area contributed by atoms with Crippen molar-refractivity contribution < 1.29 is 18.4 Å². The van der Waals surface area contributed by atoms with Crippen molar-refractivity contribution in [1.29, 1.82) is 0 Å². The fourth-order valence-corrected chi connectivity index (χ4v) is 3.93. The van der Waals surface area contributed by atoms with Crippen LogP contribution in [-0.4, -0.2) is 36.7 Å². The number of carbonyl (C=O) groups excluding carboxylic acids is 2. The number of amides is 2. The first-order valence-corrected chi connectivity index (χ1v) is 11.7. The van der Waals surface area contributed by atoms with Gasteiger partial charge in [-0.15, -0.1) is 0 Å². The Labute approximate surface area is 220 Å². The summed E-state index contributed by atoms with van der Waals surface area (Å²) in [5, 5.41) is 5.16. The fraction of sp³-hybridized carbons (Fsp3) is 0.111. The molecule has 5 N–H and O–H groups in total. The molecule has 0 fully saturated rings. The average Bonchev–Trinajstić information content (AvgIpc) is 3.42. The molecule has 5 rings (SSSR count). The Bertz CT molecular complexity index is 1730. The molecule has 196 valence electrons. The maximum Gasteiger partial charge on any atom is 0.255 e. The summed E-state index contributed by atoms with van der Waals surface area (Å²) in [6.07, 6.45) is 4.24. The quantitative estimate of drug-likeness (QED) is 0.244. The molecule has 5 aromatic rings. The van der Waals surface area contributed by atoms with Crippen LogP contribution >= 0.6 is 0 Å². The van der Waals surface area contributed by atoms with Crippen molar-refractivity contribution in [2.75, 3.05) is 10.6 Å². The number of hydrogen-bond donors (Lipinski definition) is 4. The molecule has 2 amide bonds. The molecule has 0 bridgehead atoms. The lowest BCUT2D eigenvalue weighted by atomic mass is 9.83. The lowest BCUT2D eigenvalue weighted by Gasteiger charge is -2.21. The zero-order valence-corrected chi connectivity index (χ0v) is 20.8. The number of H-pyrrole nitrogens is 1. The standard InChI is InChI=1S/C27H22F2N8O2/c1-27(2,26(30)39)15-6-3-5-14(11-15)25(38)36-18-9-8-17(28)21(19(18)29)37-23-16(7-4-10-31-23)20-22-24(34-12-32-20)35-13-33-22/h3-13H,1-2H3,(H2,30,39)(H,31,37)(H,36,38)(H,32,33,34,35). The van der Waals surface area contributed by atoms with Crippen LogP contribution in [0.3, 0.4) is 0 Å². The van der Waals surface area contributed by atoms with Crippen LogP contribution in [-0.2, 0) is 10.2 Å². The van der Waals surface area contributed by atoms with Gasteiger partial charge in [0, 0.05) is 17.3 Å². The van der Waals surface area contributed by atoms with Crippen molar-refractivity contribution in [2.45, 2.75) is 19.3 Å². The number of pyridine rings is 1. The summed E-state index contributed by atoms with van der Waals surface area (Å²) >= 11 is 0. The van der Waals surface area contributed by atoms with Crippen molar-refractivity contribution in [3.8, 4) is 11.3 Å². The number of halogens is 2. The minimum absolute atomic E-state index is 0.120. The van der Waals surface area contributed by atoms with Crippen molar-refractivity contribution in [3.05, 3.63) is 90.1 Å².